The predicted molar refractivity (Wildman–Crippen MR) is 80.4 cm³/mol. The highest BCUT2D eigenvalue weighted by atomic mass is 16.6. The Morgan fingerprint density at radius 1 is 1.30 bits per heavy atom. The van der Waals surface area contributed by atoms with Gasteiger partial charge in [0.15, 0.2) is 6.10 Å². The number of nitrogens with zero attached hydrogens (tertiary/aromatic N) is 1. The monoisotopic (exact) mass is 323 g/mol. The summed E-state index contributed by atoms with van der Waals surface area (Å²) in [5.41, 5.74) is 0.853. The molecule has 0 saturated carbocycles. The molecule has 0 radical (unpaired) electrons. The lowest BCUT2D eigenvalue weighted by molar-refractivity contribution is -0.158. The minimum absolute atomic E-state index is 0.124. The van der Waals surface area contributed by atoms with Crippen molar-refractivity contribution in [3.05, 3.63) is 35.9 Å². The van der Waals surface area contributed by atoms with Crippen LogP contribution in [0.15, 0.2) is 30.3 Å². The largest absolute Gasteiger partial charge is 0.467 e. The third-order valence-corrected chi connectivity index (χ3v) is 3.90. The number of benzene rings is 1. The van der Waals surface area contributed by atoms with Gasteiger partial charge in [0.2, 0.25) is 0 Å². The fourth-order valence-electron chi connectivity index (χ4n) is 2.65. The molecular weight excluding hydrogens is 302 g/mol. The topological polar surface area (TPSA) is 96.3 Å². The van der Waals surface area contributed by atoms with E-state index < -0.39 is 30.3 Å². The number of aliphatic hydroxyl groups is 2. The van der Waals surface area contributed by atoms with Crippen LogP contribution in [0.25, 0.3) is 0 Å². The van der Waals surface area contributed by atoms with E-state index in [0.717, 1.165) is 12.7 Å². The molecule has 1 fully saturated rings. The van der Waals surface area contributed by atoms with Crippen LogP contribution in [-0.2, 0) is 20.9 Å². The maximum atomic E-state index is 12.2. The summed E-state index contributed by atoms with van der Waals surface area (Å²) in [5.74, 6) is -0.929. The van der Waals surface area contributed by atoms with E-state index in [0.29, 0.717) is 19.4 Å². The number of carbonyl (C=O) groups is 2. The minimum atomic E-state index is -1.69. The molecule has 1 aromatic carbocycles. The van der Waals surface area contributed by atoms with E-state index in [1.807, 2.05) is 30.3 Å². The Labute approximate surface area is 134 Å². The third-order valence-electron chi connectivity index (χ3n) is 3.90. The highest BCUT2D eigenvalue weighted by Crippen LogP contribution is 2.23. The lowest BCUT2D eigenvalue weighted by atomic mass is 10.0. The van der Waals surface area contributed by atoms with Crippen LogP contribution in [0.1, 0.15) is 18.4 Å². The summed E-state index contributed by atoms with van der Waals surface area (Å²) < 4.78 is 9.65. The van der Waals surface area contributed by atoms with Gasteiger partial charge in [-0.05, 0) is 18.4 Å². The number of esters is 1. The van der Waals surface area contributed by atoms with Crippen LogP contribution >= 0.6 is 0 Å². The Kier molecular flexibility index (Phi) is 5.95. The smallest absolute Gasteiger partial charge is 0.410 e. The van der Waals surface area contributed by atoms with E-state index in [1.54, 1.807) is 0 Å². The summed E-state index contributed by atoms with van der Waals surface area (Å²) in [6.45, 7) is 0.530. The van der Waals surface area contributed by atoms with Crippen LogP contribution in [0.3, 0.4) is 0 Å². The number of carbonyl (C=O) groups excluding carboxylic acids is 2. The standard InChI is InChI=1S/C16H21NO6/c1-22-15(20)14(19)13(18)12-8-5-9-17(12)16(21)23-10-11-6-3-2-4-7-11/h2-4,6-7,12-14,18-19H,5,8-10H2,1H3/t12-,13+,14+/m0/s1. The third kappa shape index (κ3) is 4.20. The van der Waals surface area contributed by atoms with Crippen molar-refractivity contribution in [2.24, 2.45) is 0 Å². The zero-order valence-corrected chi connectivity index (χ0v) is 12.9. The summed E-state index contributed by atoms with van der Waals surface area (Å²) in [5, 5.41) is 19.9. The Morgan fingerprint density at radius 2 is 2.00 bits per heavy atom. The summed E-state index contributed by atoms with van der Waals surface area (Å²) in [7, 11) is 1.12. The molecule has 23 heavy (non-hydrogen) atoms. The van der Waals surface area contributed by atoms with Crippen molar-refractivity contribution in [1.82, 2.24) is 4.90 Å². The Hall–Kier alpha value is -2.12. The van der Waals surface area contributed by atoms with Crippen LogP contribution < -0.4 is 0 Å². The van der Waals surface area contributed by atoms with Gasteiger partial charge in [-0.25, -0.2) is 9.59 Å². The fourth-order valence-corrected chi connectivity index (χ4v) is 2.65. The maximum absolute atomic E-state index is 12.2. The van der Waals surface area contributed by atoms with Crippen molar-refractivity contribution in [2.75, 3.05) is 13.7 Å². The first-order valence-electron chi connectivity index (χ1n) is 7.46. The molecule has 7 heteroatoms. The van der Waals surface area contributed by atoms with E-state index in [1.165, 1.54) is 4.90 Å². The highest BCUT2D eigenvalue weighted by molar-refractivity contribution is 5.75. The van der Waals surface area contributed by atoms with Gasteiger partial charge in [0.05, 0.1) is 13.2 Å². The molecule has 1 heterocycles. The van der Waals surface area contributed by atoms with E-state index in [9.17, 15) is 19.8 Å². The van der Waals surface area contributed by atoms with Crippen LogP contribution in [0.4, 0.5) is 4.79 Å². The van der Waals surface area contributed by atoms with Crippen molar-refractivity contribution >= 4 is 12.1 Å². The van der Waals surface area contributed by atoms with Gasteiger partial charge in [-0.1, -0.05) is 30.3 Å². The summed E-state index contributed by atoms with van der Waals surface area (Å²) in [6, 6.07) is 8.56. The van der Waals surface area contributed by atoms with Gasteiger partial charge in [0, 0.05) is 6.54 Å². The number of rotatable bonds is 5. The molecule has 1 aliphatic rings. The molecule has 2 N–H and O–H groups in total. The van der Waals surface area contributed by atoms with E-state index in [-0.39, 0.29) is 6.61 Å². The summed E-state index contributed by atoms with van der Waals surface area (Å²) >= 11 is 0. The first kappa shape index (κ1) is 17.2. The minimum Gasteiger partial charge on any atom is -0.467 e. The quantitative estimate of drug-likeness (QED) is 0.774. The molecule has 0 unspecified atom stereocenters. The number of hydrogen-bond acceptors (Lipinski definition) is 6. The Morgan fingerprint density at radius 3 is 2.65 bits per heavy atom. The van der Waals surface area contributed by atoms with Gasteiger partial charge in [0.25, 0.3) is 0 Å². The average Bonchev–Trinajstić information content (AvgIpc) is 3.08. The van der Waals surface area contributed by atoms with Crippen molar-refractivity contribution in [3.8, 4) is 0 Å². The Balaban J connectivity index is 1.95. The van der Waals surface area contributed by atoms with Crippen LogP contribution in [0, 0.1) is 0 Å². The zero-order valence-electron chi connectivity index (χ0n) is 12.9. The van der Waals surface area contributed by atoms with Crippen molar-refractivity contribution in [2.45, 2.75) is 37.7 Å². The number of hydrogen-bond donors (Lipinski definition) is 2. The Bertz CT molecular complexity index is 535. The molecule has 0 aliphatic carbocycles. The molecule has 0 bridgehead atoms. The molecule has 1 aliphatic heterocycles. The molecule has 0 spiro atoms. The fraction of sp³-hybridized carbons (Fsp3) is 0.500. The van der Waals surface area contributed by atoms with Crippen LogP contribution in [-0.4, -0.2) is 59.1 Å². The SMILES string of the molecule is COC(=O)[C@H](O)[C@H](O)[C@@H]1CCCN1C(=O)OCc1ccccc1. The molecule has 3 atom stereocenters. The molecule has 2 rings (SSSR count). The van der Waals surface area contributed by atoms with E-state index in [2.05, 4.69) is 4.74 Å². The van der Waals surface area contributed by atoms with Gasteiger partial charge >= 0.3 is 12.1 Å². The van der Waals surface area contributed by atoms with Gasteiger partial charge < -0.3 is 24.6 Å². The first-order chi connectivity index (χ1) is 11.0. The summed E-state index contributed by atoms with van der Waals surface area (Å²) in [6.07, 6.45) is -2.53. The van der Waals surface area contributed by atoms with Crippen molar-refractivity contribution in [3.63, 3.8) is 0 Å². The van der Waals surface area contributed by atoms with Gasteiger partial charge in [-0.15, -0.1) is 0 Å². The van der Waals surface area contributed by atoms with Gasteiger partial charge in [-0.2, -0.15) is 0 Å². The van der Waals surface area contributed by atoms with Gasteiger partial charge in [0.1, 0.15) is 12.7 Å². The van der Waals surface area contributed by atoms with Gasteiger partial charge in [-0.3, -0.25) is 0 Å². The number of amides is 1. The highest BCUT2D eigenvalue weighted by Gasteiger charge is 2.40. The molecule has 0 aromatic heterocycles. The summed E-state index contributed by atoms with van der Waals surface area (Å²) in [4.78, 5) is 24.9. The normalized spacial score (nSPS) is 20.0. The maximum Gasteiger partial charge on any atom is 0.410 e. The van der Waals surface area contributed by atoms with Crippen LogP contribution in [0.2, 0.25) is 0 Å². The lowest BCUT2D eigenvalue weighted by Crippen LogP contribution is -2.50. The zero-order chi connectivity index (χ0) is 16.8. The molecule has 1 aromatic rings. The molecule has 126 valence electrons. The lowest BCUT2D eigenvalue weighted by Gasteiger charge is -2.29. The second kappa shape index (κ2) is 7.94. The predicted octanol–water partition coefficient (Wildman–Crippen LogP) is 0.682. The van der Waals surface area contributed by atoms with Crippen molar-refractivity contribution in [1.29, 1.82) is 0 Å². The van der Waals surface area contributed by atoms with Crippen molar-refractivity contribution < 1.29 is 29.3 Å². The molecule has 7 nitrogen and oxygen atoms in total. The molecule has 1 amide bonds. The number of ether oxygens (including phenoxy) is 2. The number of likely N-dealkylation sites (tertiary alicyclic amines) is 1. The van der Waals surface area contributed by atoms with E-state index in [4.69, 9.17) is 4.74 Å². The molecule has 1 saturated heterocycles. The second-order valence-electron chi connectivity index (χ2n) is 5.40. The van der Waals surface area contributed by atoms with E-state index >= 15 is 0 Å². The number of methoxy groups -OCH3 is 1. The average molecular weight is 323 g/mol. The second-order valence-corrected chi connectivity index (χ2v) is 5.40. The number of aliphatic hydroxyl groups excluding tert-OH is 2. The molecular formula is C16H21NO6. The van der Waals surface area contributed by atoms with Crippen LogP contribution in [0.5, 0.6) is 0 Å². The first-order valence-corrected chi connectivity index (χ1v) is 7.46.